The van der Waals surface area contributed by atoms with Crippen molar-refractivity contribution in [2.24, 2.45) is 0 Å². The number of imidazole rings is 1. The van der Waals surface area contributed by atoms with Gasteiger partial charge in [-0.05, 0) is 55.3 Å². The molecule has 0 saturated carbocycles. The van der Waals surface area contributed by atoms with Gasteiger partial charge in [0.25, 0.3) is 0 Å². The summed E-state index contributed by atoms with van der Waals surface area (Å²) in [4.78, 5) is 13.8. The maximum absolute atomic E-state index is 13.2. The van der Waals surface area contributed by atoms with Crippen molar-refractivity contribution in [2.75, 3.05) is 23.1 Å². The van der Waals surface area contributed by atoms with Gasteiger partial charge >= 0.3 is 16.1 Å². The average Bonchev–Trinajstić information content (AvgIpc) is 3.55. The van der Waals surface area contributed by atoms with E-state index in [0.717, 1.165) is 6.42 Å². The van der Waals surface area contributed by atoms with Gasteiger partial charge in [0.15, 0.2) is 0 Å². The van der Waals surface area contributed by atoms with E-state index in [9.17, 15) is 21.4 Å². The number of sulfonamides is 1. The second kappa shape index (κ2) is 11.0. The fourth-order valence-electron chi connectivity index (χ4n) is 4.89. The van der Waals surface area contributed by atoms with E-state index in [1.165, 1.54) is 34.8 Å². The van der Waals surface area contributed by atoms with Gasteiger partial charge in [-0.2, -0.15) is 17.7 Å². The van der Waals surface area contributed by atoms with Gasteiger partial charge in [-0.3, -0.25) is 13.7 Å². The molecule has 13 nitrogen and oxygen atoms in total. The van der Waals surface area contributed by atoms with Gasteiger partial charge in [-0.1, -0.05) is 23.7 Å². The van der Waals surface area contributed by atoms with Crippen LogP contribution in [0, 0.1) is 0 Å². The molecule has 2 aromatic carbocycles. The Bertz CT molecular complexity index is 1980. The summed E-state index contributed by atoms with van der Waals surface area (Å²) < 4.78 is 69.0. The fourth-order valence-corrected chi connectivity index (χ4v) is 6.96. The predicted octanol–water partition coefficient (Wildman–Crippen LogP) is 4.18. The van der Waals surface area contributed by atoms with Crippen LogP contribution in [0.1, 0.15) is 12.8 Å². The minimum atomic E-state index is -4.47. The average molecular weight is 630 g/mol. The number of benzene rings is 2. The Morgan fingerprint density at radius 1 is 1.05 bits per heavy atom. The first kappa shape index (κ1) is 28.1. The quantitative estimate of drug-likeness (QED) is 0.211. The summed E-state index contributed by atoms with van der Waals surface area (Å²) in [6, 6.07) is 13.9. The summed E-state index contributed by atoms with van der Waals surface area (Å²) in [5, 5.41) is 3.73. The molecule has 1 saturated heterocycles. The van der Waals surface area contributed by atoms with Crippen molar-refractivity contribution in [3.8, 4) is 22.6 Å². The van der Waals surface area contributed by atoms with E-state index in [2.05, 4.69) is 15.3 Å². The first-order valence-corrected chi connectivity index (χ1v) is 16.0. The number of hydrogen-bond acceptors (Lipinski definition) is 9. The van der Waals surface area contributed by atoms with Crippen molar-refractivity contribution < 1.29 is 25.8 Å². The Hall–Kier alpha value is -4.02. The Labute approximate surface area is 246 Å². The highest BCUT2D eigenvalue weighted by Gasteiger charge is 2.31. The molecule has 1 aliphatic heterocycles. The van der Waals surface area contributed by atoms with Gasteiger partial charge in [0.2, 0.25) is 16.0 Å². The van der Waals surface area contributed by atoms with E-state index in [0.29, 0.717) is 46.6 Å². The second-order valence-electron chi connectivity index (χ2n) is 9.59. The van der Waals surface area contributed by atoms with Crippen molar-refractivity contribution in [1.82, 2.24) is 23.7 Å². The molecule has 4 heterocycles. The fraction of sp³-hybridized carbons (Fsp3) is 0.192. The van der Waals surface area contributed by atoms with E-state index < -0.39 is 20.3 Å². The predicted molar refractivity (Wildman–Crippen MR) is 156 cm³/mol. The molecule has 1 fully saturated rings. The molecule has 218 valence electrons. The zero-order valence-corrected chi connectivity index (χ0v) is 24.1. The van der Waals surface area contributed by atoms with Crippen LogP contribution in [-0.4, -0.2) is 64.2 Å². The topological polar surface area (TPSA) is 172 Å². The molecule has 5 aromatic rings. The van der Waals surface area contributed by atoms with Crippen LogP contribution in [0.15, 0.2) is 82.6 Å². The molecule has 3 N–H and O–H groups in total. The van der Waals surface area contributed by atoms with Gasteiger partial charge < -0.3 is 9.73 Å². The lowest BCUT2D eigenvalue weighted by atomic mass is 10.1. The summed E-state index contributed by atoms with van der Waals surface area (Å²) in [7, 11) is -8.18. The highest BCUT2D eigenvalue weighted by atomic mass is 35.5. The van der Waals surface area contributed by atoms with E-state index in [-0.39, 0.29) is 29.0 Å². The molecular formula is C26H24ClN7O6S2. The molecule has 16 heteroatoms. The number of nitrogens with zero attached hydrogens (tertiary/aromatic N) is 5. The summed E-state index contributed by atoms with van der Waals surface area (Å²) in [6.07, 6.45) is 6.11. The SMILES string of the molecule is O=S(=O)(O)Nc1cccc(-c2nc3occn3c2-c2ccnc(N[C@@H]3CCCN(S(=O)(=O)c4ccc(Cl)cc4)C3)n2)c1. The number of hydrogen-bond donors (Lipinski definition) is 3. The van der Waals surface area contributed by atoms with Crippen LogP contribution in [0.3, 0.4) is 0 Å². The largest absolute Gasteiger partial charge is 0.432 e. The van der Waals surface area contributed by atoms with Crippen molar-refractivity contribution in [3.63, 3.8) is 0 Å². The Morgan fingerprint density at radius 3 is 2.64 bits per heavy atom. The normalized spacial score (nSPS) is 16.5. The van der Waals surface area contributed by atoms with Crippen LogP contribution in [-0.2, 0) is 20.3 Å². The molecule has 3 aromatic heterocycles. The van der Waals surface area contributed by atoms with Gasteiger partial charge in [0, 0.05) is 42.1 Å². The van der Waals surface area contributed by atoms with Crippen LogP contribution in [0.4, 0.5) is 11.6 Å². The molecule has 0 spiro atoms. The van der Waals surface area contributed by atoms with Crippen LogP contribution < -0.4 is 10.0 Å². The number of piperidine rings is 1. The van der Waals surface area contributed by atoms with Crippen LogP contribution >= 0.6 is 11.6 Å². The monoisotopic (exact) mass is 629 g/mol. The maximum atomic E-state index is 13.2. The Kier molecular flexibility index (Phi) is 7.36. The number of fused-ring (bicyclic) bond motifs is 1. The lowest BCUT2D eigenvalue weighted by Gasteiger charge is -2.32. The maximum Gasteiger partial charge on any atom is 0.357 e. The molecule has 1 atom stereocenters. The lowest BCUT2D eigenvalue weighted by Crippen LogP contribution is -2.45. The smallest absolute Gasteiger partial charge is 0.357 e. The van der Waals surface area contributed by atoms with E-state index in [1.807, 2.05) is 4.72 Å². The van der Waals surface area contributed by atoms with Gasteiger partial charge in [0.05, 0.1) is 16.3 Å². The highest BCUT2D eigenvalue weighted by Crippen LogP contribution is 2.34. The number of halogens is 1. The second-order valence-corrected chi connectivity index (χ2v) is 13.1. The van der Waals surface area contributed by atoms with Crippen molar-refractivity contribution in [1.29, 1.82) is 0 Å². The molecule has 42 heavy (non-hydrogen) atoms. The summed E-state index contributed by atoms with van der Waals surface area (Å²) in [5.74, 6) is 0.589. The first-order chi connectivity index (χ1) is 20.1. The molecule has 1 aliphatic rings. The lowest BCUT2D eigenvalue weighted by molar-refractivity contribution is 0.326. The zero-order chi connectivity index (χ0) is 29.5. The number of rotatable bonds is 8. The Balaban J connectivity index is 1.28. The zero-order valence-electron chi connectivity index (χ0n) is 21.8. The summed E-state index contributed by atoms with van der Waals surface area (Å²) in [6.45, 7) is 0.628. The van der Waals surface area contributed by atoms with Gasteiger partial charge in [0.1, 0.15) is 17.7 Å². The van der Waals surface area contributed by atoms with E-state index in [4.69, 9.17) is 21.0 Å². The highest BCUT2D eigenvalue weighted by molar-refractivity contribution is 7.89. The summed E-state index contributed by atoms with van der Waals surface area (Å²) >= 11 is 5.93. The van der Waals surface area contributed by atoms with Crippen molar-refractivity contribution in [2.45, 2.75) is 23.8 Å². The molecular weight excluding hydrogens is 606 g/mol. The van der Waals surface area contributed by atoms with Crippen molar-refractivity contribution in [3.05, 3.63) is 78.3 Å². The molecule has 0 radical (unpaired) electrons. The number of anilines is 2. The number of aromatic nitrogens is 4. The first-order valence-electron chi connectivity index (χ1n) is 12.7. The summed E-state index contributed by atoms with van der Waals surface area (Å²) in [5.41, 5.74) is 2.19. The van der Waals surface area contributed by atoms with Gasteiger partial charge in [-0.15, -0.1) is 0 Å². The van der Waals surface area contributed by atoms with Gasteiger partial charge in [-0.25, -0.2) is 18.4 Å². The van der Waals surface area contributed by atoms with E-state index >= 15 is 0 Å². The third-order valence-electron chi connectivity index (χ3n) is 6.71. The van der Waals surface area contributed by atoms with Crippen LogP contribution in [0.25, 0.3) is 28.5 Å². The van der Waals surface area contributed by atoms with Crippen LogP contribution in [0.5, 0.6) is 0 Å². The molecule has 0 amide bonds. The minimum Gasteiger partial charge on any atom is -0.432 e. The van der Waals surface area contributed by atoms with Crippen LogP contribution in [0.2, 0.25) is 5.02 Å². The standard InChI is InChI=1S/C26H24ClN7O6S2/c27-18-6-8-21(9-7-18)41(35,36)33-12-2-5-20(16-33)29-25-28-11-10-22(30-25)24-23(31-26-34(24)13-14-40-26)17-3-1-4-19(15-17)32-42(37,38)39/h1,3-4,6-11,13-15,20,32H,2,5,12,16H2,(H,28,29,30)(H,37,38,39)/t20-/m1/s1. The third kappa shape index (κ3) is 5.82. The minimum absolute atomic E-state index is 0.144. The molecule has 6 rings (SSSR count). The van der Waals surface area contributed by atoms with E-state index in [1.54, 1.807) is 47.1 Å². The Morgan fingerprint density at radius 2 is 1.86 bits per heavy atom. The third-order valence-corrected chi connectivity index (χ3v) is 9.34. The molecule has 0 unspecified atom stereocenters. The molecule has 0 aliphatic carbocycles. The molecule has 0 bridgehead atoms. The number of oxazole rings is 1. The van der Waals surface area contributed by atoms with Crippen molar-refractivity contribution >= 4 is 49.4 Å². The number of nitrogens with one attached hydrogen (secondary N) is 2.